The van der Waals surface area contributed by atoms with Crippen LogP contribution in [0.1, 0.15) is 23.6 Å². The summed E-state index contributed by atoms with van der Waals surface area (Å²) in [6, 6.07) is 6.77. The van der Waals surface area contributed by atoms with E-state index in [0.29, 0.717) is 11.1 Å². The summed E-state index contributed by atoms with van der Waals surface area (Å²) in [6.07, 6.45) is -2.83. The topological polar surface area (TPSA) is 102 Å². The lowest BCUT2D eigenvalue weighted by Gasteiger charge is -2.08. The molecule has 2 amide bonds. The van der Waals surface area contributed by atoms with E-state index < -0.39 is 24.6 Å². The summed E-state index contributed by atoms with van der Waals surface area (Å²) in [7, 11) is 0. The molecule has 2 heterocycles. The van der Waals surface area contributed by atoms with Gasteiger partial charge in [-0.15, -0.1) is 10.2 Å². The van der Waals surface area contributed by atoms with Crippen LogP contribution in [-0.4, -0.2) is 12.2 Å². The maximum Gasteiger partial charge on any atom is 0.454 e. The van der Waals surface area contributed by atoms with E-state index in [4.69, 9.17) is 9.47 Å². The van der Waals surface area contributed by atoms with Crippen LogP contribution in [0, 0.1) is 0 Å². The van der Waals surface area contributed by atoms with Crippen LogP contribution in [0.4, 0.5) is 9.59 Å². The van der Waals surface area contributed by atoms with Crippen LogP contribution in [0.2, 0.25) is 0 Å². The number of benzene rings is 1. The van der Waals surface area contributed by atoms with Crippen molar-refractivity contribution in [2.45, 2.75) is 12.5 Å². The molecule has 1 aromatic rings. The Labute approximate surface area is 100 Å². The van der Waals surface area contributed by atoms with E-state index in [9.17, 15) is 9.59 Å². The highest BCUT2D eigenvalue weighted by Crippen LogP contribution is 2.29. The second kappa shape index (κ2) is 3.99. The fourth-order valence-electron chi connectivity index (χ4n) is 1.58. The average Bonchev–Trinajstić information content (AvgIpc) is 2.98. The lowest BCUT2D eigenvalue weighted by atomic mass is 10.1. The van der Waals surface area contributed by atoms with Gasteiger partial charge in [0.2, 0.25) is 12.5 Å². The fraction of sp³-hybridized carbons (Fsp3) is 0.200. The van der Waals surface area contributed by atoms with Gasteiger partial charge in [0.05, 0.1) is 0 Å². The highest BCUT2D eigenvalue weighted by atomic mass is 16.6. The Hall–Kier alpha value is -2.64. The third kappa shape index (κ3) is 1.83. The van der Waals surface area contributed by atoms with Crippen molar-refractivity contribution < 1.29 is 19.1 Å². The maximum absolute atomic E-state index is 10.8. The number of azo groups is 2. The molecule has 0 fully saturated rings. The highest BCUT2D eigenvalue weighted by Gasteiger charge is 2.24. The van der Waals surface area contributed by atoms with Crippen molar-refractivity contribution in [2.75, 3.05) is 0 Å². The summed E-state index contributed by atoms with van der Waals surface area (Å²) in [5.41, 5.74) is 1.35. The number of carbonyl (C=O) groups is 2. The van der Waals surface area contributed by atoms with E-state index in [1.807, 2.05) is 0 Å². The molecule has 0 radical (unpaired) electrons. The lowest BCUT2D eigenvalue weighted by molar-refractivity contribution is 0.130. The number of nitrogens with zero attached hydrogens (tertiary/aromatic N) is 4. The van der Waals surface area contributed by atoms with E-state index in [1.54, 1.807) is 24.3 Å². The SMILES string of the molecule is O=C1N=NC(c2ccc(C3N=NC(=O)O3)cc2)O1. The van der Waals surface area contributed by atoms with E-state index in [0.717, 1.165) is 0 Å². The van der Waals surface area contributed by atoms with Crippen LogP contribution in [0.25, 0.3) is 0 Å². The molecule has 18 heavy (non-hydrogen) atoms. The molecule has 90 valence electrons. The van der Waals surface area contributed by atoms with Crippen LogP contribution in [0.3, 0.4) is 0 Å². The standard InChI is InChI=1S/C10H6N4O4/c15-9-13-11-7(17-9)5-1-2-6(4-3-5)8-12-14-10(16)18-8/h1-4,7-8H. The van der Waals surface area contributed by atoms with Crippen LogP contribution in [0.15, 0.2) is 44.7 Å². The Morgan fingerprint density at radius 2 is 1.17 bits per heavy atom. The molecular formula is C10H6N4O4. The Balaban J connectivity index is 1.77. The minimum absolute atomic E-state index is 0.676. The molecule has 2 unspecified atom stereocenters. The first kappa shape index (κ1) is 10.5. The van der Waals surface area contributed by atoms with E-state index in [-0.39, 0.29) is 0 Å². The Bertz CT molecular complexity index is 515. The lowest BCUT2D eigenvalue weighted by Crippen LogP contribution is -2.01. The maximum atomic E-state index is 10.8. The second-order valence-electron chi connectivity index (χ2n) is 3.57. The van der Waals surface area contributed by atoms with Gasteiger partial charge in [0, 0.05) is 11.1 Å². The van der Waals surface area contributed by atoms with Crippen LogP contribution in [-0.2, 0) is 9.47 Å². The number of amides is 2. The molecule has 1 aromatic carbocycles. The van der Waals surface area contributed by atoms with E-state index in [2.05, 4.69) is 20.5 Å². The zero-order valence-corrected chi connectivity index (χ0v) is 8.89. The first-order valence-electron chi connectivity index (χ1n) is 5.05. The first-order chi connectivity index (χ1) is 8.72. The average molecular weight is 246 g/mol. The number of cyclic esters (lactones) is 2. The number of hydrogen-bond donors (Lipinski definition) is 0. The van der Waals surface area contributed by atoms with Gasteiger partial charge < -0.3 is 9.47 Å². The summed E-state index contributed by atoms with van der Waals surface area (Å²) in [4.78, 5) is 21.5. The minimum atomic E-state index is -0.709. The van der Waals surface area contributed by atoms with E-state index in [1.165, 1.54) is 0 Å². The molecule has 2 aliphatic rings. The van der Waals surface area contributed by atoms with Crippen molar-refractivity contribution in [1.29, 1.82) is 0 Å². The van der Waals surface area contributed by atoms with Gasteiger partial charge in [0.25, 0.3) is 0 Å². The molecule has 0 saturated carbocycles. The zero-order valence-electron chi connectivity index (χ0n) is 8.89. The molecule has 0 aliphatic carbocycles. The molecule has 0 spiro atoms. The first-order valence-corrected chi connectivity index (χ1v) is 5.05. The normalized spacial score (nSPS) is 25.3. The third-order valence-electron chi connectivity index (χ3n) is 2.42. The summed E-state index contributed by atoms with van der Waals surface area (Å²) >= 11 is 0. The number of ether oxygens (including phenoxy) is 2. The second-order valence-corrected chi connectivity index (χ2v) is 3.57. The van der Waals surface area contributed by atoms with Gasteiger partial charge in [0.1, 0.15) is 0 Å². The van der Waals surface area contributed by atoms with Crippen LogP contribution in [0.5, 0.6) is 0 Å². The fourth-order valence-corrected chi connectivity index (χ4v) is 1.58. The Morgan fingerprint density at radius 3 is 1.44 bits per heavy atom. The summed E-state index contributed by atoms with van der Waals surface area (Å²) in [6.45, 7) is 0. The Morgan fingerprint density at radius 1 is 0.778 bits per heavy atom. The molecule has 2 atom stereocenters. The molecule has 0 bridgehead atoms. The third-order valence-corrected chi connectivity index (χ3v) is 2.42. The van der Waals surface area contributed by atoms with Crippen molar-refractivity contribution in [1.82, 2.24) is 0 Å². The highest BCUT2D eigenvalue weighted by molar-refractivity contribution is 5.69. The smallest absolute Gasteiger partial charge is 0.415 e. The molecule has 2 aliphatic heterocycles. The van der Waals surface area contributed by atoms with Crippen molar-refractivity contribution in [3.8, 4) is 0 Å². The minimum Gasteiger partial charge on any atom is -0.415 e. The van der Waals surface area contributed by atoms with Gasteiger partial charge in [-0.2, -0.15) is 0 Å². The number of hydrogen-bond acceptors (Lipinski definition) is 6. The van der Waals surface area contributed by atoms with Crippen molar-refractivity contribution in [3.05, 3.63) is 35.4 Å². The van der Waals surface area contributed by atoms with Crippen LogP contribution >= 0.6 is 0 Å². The van der Waals surface area contributed by atoms with Gasteiger partial charge in [0.15, 0.2) is 0 Å². The van der Waals surface area contributed by atoms with Gasteiger partial charge in [-0.1, -0.05) is 34.5 Å². The van der Waals surface area contributed by atoms with Gasteiger partial charge in [-0.05, 0) is 0 Å². The summed E-state index contributed by atoms with van der Waals surface area (Å²) < 4.78 is 9.66. The molecule has 0 saturated heterocycles. The van der Waals surface area contributed by atoms with Gasteiger partial charge in [-0.3, -0.25) is 0 Å². The molecular weight excluding hydrogens is 240 g/mol. The van der Waals surface area contributed by atoms with Crippen molar-refractivity contribution >= 4 is 12.2 Å². The summed E-state index contributed by atoms with van der Waals surface area (Å²) in [5, 5.41) is 13.8. The number of carbonyl (C=O) groups excluding carboxylic acids is 2. The predicted octanol–water partition coefficient (Wildman–Crippen LogP) is 2.89. The molecule has 8 heteroatoms. The predicted molar refractivity (Wildman–Crippen MR) is 54.6 cm³/mol. The largest absolute Gasteiger partial charge is 0.454 e. The molecule has 0 N–H and O–H groups in total. The summed E-state index contributed by atoms with van der Waals surface area (Å²) in [5.74, 6) is 0. The molecule has 0 aromatic heterocycles. The monoisotopic (exact) mass is 246 g/mol. The quantitative estimate of drug-likeness (QED) is 0.800. The van der Waals surface area contributed by atoms with Crippen molar-refractivity contribution in [3.63, 3.8) is 0 Å². The van der Waals surface area contributed by atoms with Gasteiger partial charge in [-0.25, -0.2) is 9.59 Å². The van der Waals surface area contributed by atoms with Crippen molar-refractivity contribution in [2.24, 2.45) is 20.5 Å². The van der Waals surface area contributed by atoms with Crippen LogP contribution < -0.4 is 0 Å². The molecule has 3 rings (SSSR count). The Kier molecular flexibility index (Phi) is 2.33. The number of rotatable bonds is 2. The van der Waals surface area contributed by atoms with Gasteiger partial charge >= 0.3 is 12.2 Å². The zero-order chi connectivity index (χ0) is 12.5. The molecule has 8 nitrogen and oxygen atoms in total. The van der Waals surface area contributed by atoms with E-state index >= 15 is 0 Å².